The van der Waals surface area contributed by atoms with Gasteiger partial charge in [-0.3, -0.25) is 4.79 Å². The van der Waals surface area contributed by atoms with Gasteiger partial charge in [0.05, 0.1) is 6.42 Å². The summed E-state index contributed by atoms with van der Waals surface area (Å²) in [6, 6.07) is 11.5. The molecule has 0 atom stereocenters. The summed E-state index contributed by atoms with van der Waals surface area (Å²) >= 11 is 5.89. The highest BCUT2D eigenvalue weighted by molar-refractivity contribution is 6.31. The summed E-state index contributed by atoms with van der Waals surface area (Å²) < 4.78 is 13.6. The number of hydrogen-bond donors (Lipinski definition) is 2. The number of amides is 1. The minimum atomic E-state index is -0.490. The Hall–Kier alpha value is -1.91. The van der Waals surface area contributed by atoms with E-state index in [2.05, 4.69) is 5.32 Å². The lowest BCUT2D eigenvalue weighted by Crippen LogP contribution is -2.15. The quantitative estimate of drug-likeness (QED) is 0.891. The first-order chi connectivity index (χ1) is 10.1. The van der Waals surface area contributed by atoms with Gasteiger partial charge in [-0.15, -0.1) is 0 Å². The third kappa shape index (κ3) is 4.28. The molecule has 2 rings (SSSR count). The van der Waals surface area contributed by atoms with E-state index < -0.39 is 5.82 Å². The van der Waals surface area contributed by atoms with Gasteiger partial charge in [-0.1, -0.05) is 29.8 Å². The molecular weight excluding hydrogens is 293 g/mol. The summed E-state index contributed by atoms with van der Waals surface area (Å²) in [5.74, 6) is -0.826. The molecule has 110 valence electrons. The van der Waals surface area contributed by atoms with Crippen LogP contribution in [-0.4, -0.2) is 17.6 Å². The first-order valence-corrected chi connectivity index (χ1v) is 6.90. The Bertz CT molecular complexity index is 608. The third-order valence-electron chi connectivity index (χ3n) is 3.04. The second kappa shape index (κ2) is 7.20. The van der Waals surface area contributed by atoms with Crippen LogP contribution < -0.4 is 5.32 Å². The van der Waals surface area contributed by atoms with Crippen molar-refractivity contribution in [2.75, 3.05) is 11.9 Å². The van der Waals surface area contributed by atoms with Gasteiger partial charge in [0.2, 0.25) is 5.91 Å². The lowest BCUT2D eigenvalue weighted by atomic mass is 10.1. The van der Waals surface area contributed by atoms with E-state index in [-0.39, 0.29) is 29.5 Å². The fraction of sp³-hybridized carbons (Fsp3) is 0.188. The second-order valence-corrected chi connectivity index (χ2v) is 5.00. The maximum Gasteiger partial charge on any atom is 0.228 e. The van der Waals surface area contributed by atoms with Crippen LogP contribution in [-0.2, 0) is 17.6 Å². The predicted octanol–water partition coefficient (Wildman–Crippen LogP) is 3.20. The first-order valence-electron chi connectivity index (χ1n) is 6.52. The van der Waals surface area contributed by atoms with Gasteiger partial charge in [-0.2, -0.15) is 0 Å². The molecule has 21 heavy (non-hydrogen) atoms. The minimum Gasteiger partial charge on any atom is -0.396 e. The Morgan fingerprint density at radius 1 is 1.19 bits per heavy atom. The summed E-state index contributed by atoms with van der Waals surface area (Å²) in [6.07, 6.45) is 0.447. The SMILES string of the molecule is O=C(Cc1c(F)cccc1Cl)Nc1ccc(CCO)cc1. The van der Waals surface area contributed by atoms with E-state index in [1.807, 2.05) is 12.1 Å². The van der Waals surface area contributed by atoms with E-state index in [0.717, 1.165) is 5.56 Å². The van der Waals surface area contributed by atoms with Gasteiger partial charge in [-0.25, -0.2) is 4.39 Å². The molecule has 0 saturated heterocycles. The summed E-state index contributed by atoms with van der Waals surface area (Å²) in [7, 11) is 0. The molecule has 5 heteroatoms. The fourth-order valence-corrected chi connectivity index (χ4v) is 2.18. The Kier molecular flexibility index (Phi) is 5.31. The smallest absolute Gasteiger partial charge is 0.228 e. The summed E-state index contributed by atoms with van der Waals surface area (Å²) in [4.78, 5) is 11.9. The van der Waals surface area contributed by atoms with E-state index in [4.69, 9.17) is 16.7 Å². The zero-order valence-corrected chi connectivity index (χ0v) is 12.0. The van der Waals surface area contributed by atoms with Gasteiger partial charge in [0.15, 0.2) is 0 Å². The van der Waals surface area contributed by atoms with Crippen molar-refractivity contribution in [2.24, 2.45) is 0 Å². The van der Waals surface area contributed by atoms with Crippen LogP contribution in [0.2, 0.25) is 5.02 Å². The molecule has 0 spiro atoms. The van der Waals surface area contributed by atoms with Crippen LogP contribution in [0, 0.1) is 5.82 Å². The van der Waals surface area contributed by atoms with Gasteiger partial charge in [0.25, 0.3) is 0 Å². The number of hydrogen-bond acceptors (Lipinski definition) is 2. The van der Waals surface area contributed by atoms with E-state index in [9.17, 15) is 9.18 Å². The van der Waals surface area contributed by atoms with Crippen molar-refractivity contribution >= 4 is 23.2 Å². The minimum absolute atomic E-state index is 0.0808. The van der Waals surface area contributed by atoms with Crippen LogP contribution >= 0.6 is 11.6 Å². The summed E-state index contributed by atoms with van der Waals surface area (Å²) in [5, 5.41) is 11.8. The molecule has 0 aliphatic heterocycles. The van der Waals surface area contributed by atoms with Gasteiger partial charge in [-0.05, 0) is 36.2 Å². The molecule has 0 unspecified atom stereocenters. The van der Waals surface area contributed by atoms with Gasteiger partial charge in [0.1, 0.15) is 5.82 Å². The molecule has 0 heterocycles. The van der Waals surface area contributed by atoms with Crippen LogP contribution in [0.25, 0.3) is 0 Å². The number of nitrogens with one attached hydrogen (secondary N) is 1. The predicted molar refractivity (Wildman–Crippen MR) is 81.0 cm³/mol. The monoisotopic (exact) mass is 307 g/mol. The maximum atomic E-state index is 13.6. The molecular formula is C16H15ClFNO2. The number of anilines is 1. The molecule has 2 N–H and O–H groups in total. The average Bonchev–Trinajstić information content (AvgIpc) is 2.45. The second-order valence-electron chi connectivity index (χ2n) is 4.60. The number of carbonyl (C=O) groups excluding carboxylic acids is 1. The topological polar surface area (TPSA) is 49.3 Å². The molecule has 0 aliphatic carbocycles. The van der Waals surface area contributed by atoms with Crippen molar-refractivity contribution in [1.29, 1.82) is 0 Å². The van der Waals surface area contributed by atoms with Crippen LogP contribution in [0.1, 0.15) is 11.1 Å². The van der Waals surface area contributed by atoms with Crippen LogP contribution in [0.3, 0.4) is 0 Å². The molecule has 0 saturated carbocycles. The number of benzene rings is 2. The highest BCUT2D eigenvalue weighted by Gasteiger charge is 2.12. The Morgan fingerprint density at radius 3 is 2.52 bits per heavy atom. The van der Waals surface area contributed by atoms with Crippen molar-refractivity contribution in [1.82, 2.24) is 0 Å². The third-order valence-corrected chi connectivity index (χ3v) is 3.39. The molecule has 0 bridgehead atoms. The summed E-state index contributed by atoms with van der Waals surface area (Å²) in [6.45, 7) is 0.0808. The molecule has 3 nitrogen and oxygen atoms in total. The van der Waals surface area contributed by atoms with Crippen molar-refractivity contribution in [2.45, 2.75) is 12.8 Å². The molecule has 0 fully saturated rings. The number of halogens is 2. The van der Waals surface area contributed by atoms with E-state index in [1.165, 1.54) is 12.1 Å². The molecule has 0 aliphatic rings. The van der Waals surface area contributed by atoms with Crippen molar-refractivity contribution in [3.8, 4) is 0 Å². The average molecular weight is 308 g/mol. The number of aliphatic hydroxyl groups is 1. The van der Waals surface area contributed by atoms with Crippen LogP contribution in [0.15, 0.2) is 42.5 Å². The summed E-state index contributed by atoms with van der Waals surface area (Å²) in [5.41, 5.74) is 1.79. The van der Waals surface area contributed by atoms with E-state index in [0.29, 0.717) is 12.1 Å². The van der Waals surface area contributed by atoms with Crippen molar-refractivity contribution in [3.05, 3.63) is 64.4 Å². The maximum absolute atomic E-state index is 13.6. The van der Waals surface area contributed by atoms with E-state index in [1.54, 1.807) is 18.2 Å². The number of rotatable bonds is 5. The van der Waals surface area contributed by atoms with Crippen molar-refractivity contribution < 1.29 is 14.3 Å². The number of aliphatic hydroxyl groups excluding tert-OH is 1. The lowest BCUT2D eigenvalue weighted by Gasteiger charge is -2.08. The Morgan fingerprint density at radius 2 is 1.90 bits per heavy atom. The molecule has 2 aromatic rings. The Labute approximate surface area is 127 Å². The van der Waals surface area contributed by atoms with E-state index >= 15 is 0 Å². The normalized spacial score (nSPS) is 10.4. The van der Waals surface area contributed by atoms with Crippen LogP contribution in [0.5, 0.6) is 0 Å². The van der Waals surface area contributed by atoms with Gasteiger partial charge < -0.3 is 10.4 Å². The largest absolute Gasteiger partial charge is 0.396 e. The van der Waals surface area contributed by atoms with Crippen molar-refractivity contribution in [3.63, 3.8) is 0 Å². The zero-order chi connectivity index (χ0) is 15.2. The standard InChI is InChI=1S/C16H15ClFNO2/c17-14-2-1-3-15(18)13(14)10-16(21)19-12-6-4-11(5-7-12)8-9-20/h1-7,20H,8-10H2,(H,19,21). The molecule has 0 radical (unpaired) electrons. The lowest BCUT2D eigenvalue weighted by molar-refractivity contribution is -0.115. The fourth-order valence-electron chi connectivity index (χ4n) is 1.95. The first kappa shape index (κ1) is 15.5. The number of carbonyl (C=O) groups is 1. The highest BCUT2D eigenvalue weighted by Crippen LogP contribution is 2.20. The van der Waals surface area contributed by atoms with Gasteiger partial charge >= 0.3 is 0 Å². The van der Waals surface area contributed by atoms with Gasteiger partial charge in [0, 0.05) is 22.9 Å². The molecule has 0 aromatic heterocycles. The molecule has 1 amide bonds. The van der Waals surface area contributed by atoms with Crippen LogP contribution in [0.4, 0.5) is 10.1 Å². The zero-order valence-electron chi connectivity index (χ0n) is 11.3. The highest BCUT2D eigenvalue weighted by atomic mass is 35.5. The molecule has 2 aromatic carbocycles. The Balaban J connectivity index is 2.01.